The molecule has 3 rings (SSSR count). The van der Waals surface area contributed by atoms with Gasteiger partial charge in [0, 0.05) is 6.54 Å². The van der Waals surface area contributed by atoms with Crippen LogP contribution < -0.4 is 24.8 Å². The fraction of sp³-hybridized carbons (Fsp3) is 0.263. The number of amides is 2. The second kappa shape index (κ2) is 7.77. The van der Waals surface area contributed by atoms with E-state index in [1.807, 2.05) is 12.1 Å². The van der Waals surface area contributed by atoms with Crippen molar-refractivity contribution in [3.8, 4) is 17.2 Å². The fourth-order valence-corrected chi connectivity index (χ4v) is 2.66. The molecule has 0 aromatic heterocycles. The SMILES string of the molecule is COc1ccc(CNC(=O)C[C@@H]2Oc3ccccc3NC2=O)cc1OC. The number of ether oxygens (including phenoxy) is 3. The van der Waals surface area contributed by atoms with Crippen LogP contribution >= 0.6 is 0 Å². The number of para-hydroxylation sites is 2. The van der Waals surface area contributed by atoms with Gasteiger partial charge < -0.3 is 24.8 Å². The molecule has 1 heterocycles. The van der Waals surface area contributed by atoms with Gasteiger partial charge in [-0.05, 0) is 29.8 Å². The minimum Gasteiger partial charge on any atom is -0.493 e. The highest BCUT2D eigenvalue weighted by Gasteiger charge is 2.29. The van der Waals surface area contributed by atoms with Gasteiger partial charge in [-0.3, -0.25) is 9.59 Å². The molecule has 7 nitrogen and oxygen atoms in total. The van der Waals surface area contributed by atoms with E-state index in [9.17, 15) is 9.59 Å². The summed E-state index contributed by atoms with van der Waals surface area (Å²) in [6.07, 6.45) is -0.914. The van der Waals surface area contributed by atoms with Gasteiger partial charge in [0.15, 0.2) is 17.6 Å². The Morgan fingerprint density at radius 2 is 1.92 bits per heavy atom. The highest BCUT2D eigenvalue weighted by molar-refractivity contribution is 5.99. The quantitative estimate of drug-likeness (QED) is 0.828. The van der Waals surface area contributed by atoms with Crippen molar-refractivity contribution in [2.24, 2.45) is 0 Å². The number of hydrogen-bond donors (Lipinski definition) is 2. The van der Waals surface area contributed by atoms with Crippen molar-refractivity contribution in [2.75, 3.05) is 19.5 Å². The maximum atomic E-state index is 12.2. The Balaban J connectivity index is 1.57. The summed E-state index contributed by atoms with van der Waals surface area (Å²) in [6.45, 7) is 0.310. The maximum absolute atomic E-state index is 12.2. The number of benzene rings is 2. The number of methoxy groups -OCH3 is 2. The zero-order chi connectivity index (χ0) is 18.5. The normalized spacial score (nSPS) is 15.3. The lowest BCUT2D eigenvalue weighted by atomic mass is 10.1. The Bertz CT molecular complexity index is 821. The summed E-state index contributed by atoms with van der Waals surface area (Å²) in [7, 11) is 3.11. The van der Waals surface area contributed by atoms with Gasteiger partial charge in [-0.1, -0.05) is 18.2 Å². The molecule has 26 heavy (non-hydrogen) atoms. The molecular weight excluding hydrogens is 336 g/mol. The van der Waals surface area contributed by atoms with E-state index < -0.39 is 6.10 Å². The van der Waals surface area contributed by atoms with Crippen LogP contribution in [-0.2, 0) is 16.1 Å². The predicted molar refractivity (Wildman–Crippen MR) is 95.5 cm³/mol. The van der Waals surface area contributed by atoms with Gasteiger partial charge in [0.1, 0.15) is 5.75 Å². The number of anilines is 1. The van der Waals surface area contributed by atoms with Crippen LogP contribution in [0.4, 0.5) is 5.69 Å². The maximum Gasteiger partial charge on any atom is 0.266 e. The van der Waals surface area contributed by atoms with Gasteiger partial charge >= 0.3 is 0 Å². The van der Waals surface area contributed by atoms with Crippen molar-refractivity contribution in [3.05, 3.63) is 48.0 Å². The monoisotopic (exact) mass is 356 g/mol. The number of carbonyl (C=O) groups excluding carboxylic acids is 2. The molecule has 2 amide bonds. The van der Waals surface area contributed by atoms with Gasteiger partial charge in [0.2, 0.25) is 5.91 Å². The van der Waals surface area contributed by atoms with E-state index in [1.54, 1.807) is 44.6 Å². The molecule has 0 saturated heterocycles. The Kier molecular flexibility index (Phi) is 5.26. The smallest absolute Gasteiger partial charge is 0.266 e. The first kappa shape index (κ1) is 17.6. The third kappa shape index (κ3) is 3.88. The van der Waals surface area contributed by atoms with E-state index in [0.29, 0.717) is 29.5 Å². The van der Waals surface area contributed by atoms with Crippen molar-refractivity contribution < 1.29 is 23.8 Å². The largest absolute Gasteiger partial charge is 0.493 e. The highest BCUT2D eigenvalue weighted by atomic mass is 16.5. The van der Waals surface area contributed by atoms with E-state index in [0.717, 1.165) is 5.56 Å². The van der Waals surface area contributed by atoms with Crippen LogP contribution in [0.15, 0.2) is 42.5 Å². The molecule has 2 aromatic carbocycles. The van der Waals surface area contributed by atoms with Gasteiger partial charge in [-0.25, -0.2) is 0 Å². The highest BCUT2D eigenvalue weighted by Crippen LogP contribution is 2.30. The van der Waals surface area contributed by atoms with E-state index in [-0.39, 0.29) is 18.2 Å². The van der Waals surface area contributed by atoms with Crippen molar-refractivity contribution in [1.82, 2.24) is 5.32 Å². The molecule has 0 saturated carbocycles. The Labute approximate surface area is 151 Å². The lowest BCUT2D eigenvalue weighted by Gasteiger charge is -2.25. The molecule has 7 heteroatoms. The summed E-state index contributed by atoms with van der Waals surface area (Å²) in [6, 6.07) is 12.5. The third-order valence-corrected chi connectivity index (χ3v) is 4.02. The minimum absolute atomic E-state index is 0.0620. The minimum atomic E-state index is -0.852. The van der Waals surface area contributed by atoms with Crippen LogP contribution in [0.2, 0.25) is 0 Å². The molecule has 1 aliphatic rings. The summed E-state index contributed by atoms with van der Waals surface area (Å²) in [5.74, 6) is 1.16. The third-order valence-electron chi connectivity index (χ3n) is 4.02. The van der Waals surface area contributed by atoms with Crippen LogP contribution in [-0.4, -0.2) is 32.1 Å². The molecule has 2 N–H and O–H groups in total. The number of fused-ring (bicyclic) bond motifs is 1. The second-order valence-electron chi connectivity index (χ2n) is 5.76. The Morgan fingerprint density at radius 1 is 1.15 bits per heavy atom. The first-order chi connectivity index (χ1) is 12.6. The summed E-state index contributed by atoms with van der Waals surface area (Å²) in [5.41, 5.74) is 1.47. The van der Waals surface area contributed by atoms with Crippen LogP contribution in [0.1, 0.15) is 12.0 Å². The number of nitrogens with one attached hydrogen (secondary N) is 2. The molecule has 0 radical (unpaired) electrons. The molecule has 136 valence electrons. The summed E-state index contributed by atoms with van der Waals surface area (Å²) in [4.78, 5) is 24.3. The molecule has 1 aliphatic heterocycles. The lowest BCUT2D eigenvalue weighted by molar-refractivity contribution is -0.130. The zero-order valence-corrected chi connectivity index (χ0v) is 14.6. The van der Waals surface area contributed by atoms with Crippen molar-refractivity contribution in [2.45, 2.75) is 19.1 Å². The van der Waals surface area contributed by atoms with Crippen LogP contribution in [0.3, 0.4) is 0 Å². The molecule has 0 bridgehead atoms. The number of hydrogen-bond acceptors (Lipinski definition) is 5. The van der Waals surface area contributed by atoms with Gasteiger partial charge in [-0.15, -0.1) is 0 Å². The van der Waals surface area contributed by atoms with Crippen LogP contribution in [0.5, 0.6) is 17.2 Å². The molecule has 1 atom stereocenters. The average Bonchev–Trinajstić information content (AvgIpc) is 2.66. The number of carbonyl (C=O) groups is 2. The van der Waals surface area contributed by atoms with E-state index in [2.05, 4.69) is 10.6 Å². The molecule has 2 aromatic rings. The van der Waals surface area contributed by atoms with Gasteiger partial charge in [0.25, 0.3) is 5.91 Å². The molecule has 0 fully saturated rings. The first-order valence-corrected chi connectivity index (χ1v) is 8.15. The zero-order valence-electron chi connectivity index (χ0n) is 14.6. The molecular formula is C19H20N2O5. The fourth-order valence-electron chi connectivity index (χ4n) is 2.66. The van der Waals surface area contributed by atoms with Crippen molar-refractivity contribution in [1.29, 1.82) is 0 Å². The standard InChI is InChI=1S/C19H20N2O5/c1-24-15-8-7-12(9-16(15)25-2)11-20-18(22)10-17-19(23)21-13-5-3-4-6-14(13)26-17/h3-9,17H,10-11H2,1-2H3,(H,20,22)(H,21,23)/t17-/m0/s1. The average molecular weight is 356 g/mol. The molecule has 0 aliphatic carbocycles. The van der Waals surface area contributed by atoms with Crippen LogP contribution in [0.25, 0.3) is 0 Å². The number of rotatable bonds is 6. The molecule has 0 spiro atoms. The Morgan fingerprint density at radius 3 is 2.69 bits per heavy atom. The van der Waals surface area contributed by atoms with E-state index >= 15 is 0 Å². The Hall–Kier alpha value is -3.22. The van der Waals surface area contributed by atoms with Gasteiger partial charge in [-0.2, -0.15) is 0 Å². The van der Waals surface area contributed by atoms with E-state index in [4.69, 9.17) is 14.2 Å². The topological polar surface area (TPSA) is 85.9 Å². The molecule has 0 unspecified atom stereocenters. The lowest BCUT2D eigenvalue weighted by Crippen LogP contribution is -2.40. The second-order valence-corrected chi connectivity index (χ2v) is 5.76. The predicted octanol–water partition coefficient (Wildman–Crippen LogP) is 2.11. The first-order valence-electron chi connectivity index (χ1n) is 8.15. The van der Waals surface area contributed by atoms with Gasteiger partial charge in [0.05, 0.1) is 26.3 Å². The van der Waals surface area contributed by atoms with Crippen molar-refractivity contribution >= 4 is 17.5 Å². The summed E-state index contributed by atoms with van der Waals surface area (Å²) < 4.78 is 16.1. The van der Waals surface area contributed by atoms with E-state index in [1.165, 1.54) is 0 Å². The summed E-state index contributed by atoms with van der Waals surface area (Å²) >= 11 is 0. The van der Waals surface area contributed by atoms with Crippen molar-refractivity contribution in [3.63, 3.8) is 0 Å². The van der Waals surface area contributed by atoms with Crippen LogP contribution in [0, 0.1) is 0 Å². The summed E-state index contributed by atoms with van der Waals surface area (Å²) in [5, 5.41) is 5.53.